The number of benzene rings is 1. The summed E-state index contributed by atoms with van der Waals surface area (Å²) < 4.78 is 0. The lowest BCUT2D eigenvalue weighted by molar-refractivity contribution is 0.0802. The molecule has 0 fully saturated rings. The maximum Gasteiger partial charge on any atom is 0.254 e. The molecule has 25 heavy (non-hydrogen) atoms. The summed E-state index contributed by atoms with van der Waals surface area (Å²) in [5.41, 5.74) is 2.83. The van der Waals surface area contributed by atoms with E-state index in [2.05, 4.69) is 35.5 Å². The molecule has 0 aliphatic carbocycles. The fourth-order valence-electron chi connectivity index (χ4n) is 2.70. The Bertz CT molecular complexity index is 1040. The maximum atomic E-state index is 12.7. The van der Waals surface area contributed by atoms with E-state index in [1.54, 1.807) is 24.5 Å². The number of rotatable bonds is 5. The van der Waals surface area contributed by atoms with Crippen molar-refractivity contribution in [1.82, 2.24) is 35.0 Å². The number of amides is 1. The summed E-state index contributed by atoms with van der Waals surface area (Å²) in [6, 6.07) is 5.55. The number of likely N-dealkylation sites (N-methyl/N-ethyl adjacent to an activating group) is 1. The first-order chi connectivity index (χ1) is 12.2. The van der Waals surface area contributed by atoms with Gasteiger partial charge in [0.2, 0.25) is 0 Å². The number of nitrogens with zero attached hydrogens (tertiary/aromatic N) is 5. The lowest BCUT2D eigenvalue weighted by Gasteiger charge is -2.18. The molecule has 126 valence electrons. The predicted octanol–water partition coefficient (Wildman–Crippen LogP) is 1.41. The van der Waals surface area contributed by atoms with Gasteiger partial charge in [-0.2, -0.15) is 5.10 Å². The highest BCUT2D eigenvalue weighted by Crippen LogP contribution is 2.18. The van der Waals surface area contributed by atoms with Crippen LogP contribution < -0.4 is 5.32 Å². The van der Waals surface area contributed by atoms with Gasteiger partial charge < -0.3 is 15.2 Å². The Hall–Kier alpha value is -3.49. The zero-order chi connectivity index (χ0) is 17.2. The van der Waals surface area contributed by atoms with Crippen LogP contribution in [0.4, 0.5) is 5.82 Å². The van der Waals surface area contributed by atoms with Crippen molar-refractivity contribution >= 4 is 33.8 Å². The van der Waals surface area contributed by atoms with Gasteiger partial charge in [-0.3, -0.25) is 9.89 Å². The van der Waals surface area contributed by atoms with Crippen molar-refractivity contribution in [2.45, 2.75) is 0 Å². The number of aromatic amines is 2. The van der Waals surface area contributed by atoms with E-state index in [4.69, 9.17) is 0 Å². The molecule has 0 aliphatic heterocycles. The molecule has 9 nitrogen and oxygen atoms in total. The number of nitrogens with one attached hydrogen (secondary N) is 3. The molecule has 1 amide bonds. The molecule has 9 heteroatoms. The number of carbonyl (C=O) groups excluding carboxylic acids is 1. The van der Waals surface area contributed by atoms with Crippen molar-refractivity contribution in [3.05, 3.63) is 42.6 Å². The number of anilines is 1. The van der Waals surface area contributed by atoms with Crippen LogP contribution in [0.1, 0.15) is 10.4 Å². The topological polar surface area (TPSA) is 115 Å². The zero-order valence-corrected chi connectivity index (χ0v) is 13.5. The third-order valence-electron chi connectivity index (χ3n) is 4.02. The van der Waals surface area contributed by atoms with E-state index in [1.807, 2.05) is 18.2 Å². The van der Waals surface area contributed by atoms with Crippen LogP contribution in [-0.4, -0.2) is 61.1 Å². The summed E-state index contributed by atoms with van der Waals surface area (Å²) in [6.07, 6.45) is 4.70. The summed E-state index contributed by atoms with van der Waals surface area (Å²) in [7, 11) is 1.77. The van der Waals surface area contributed by atoms with E-state index in [0.717, 1.165) is 16.4 Å². The summed E-state index contributed by atoms with van der Waals surface area (Å²) in [6.45, 7) is 1.07. The first-order valence-corrected chi connectivity index (χ1v) is 7.79. The van der Waals surface area contributed by atoms with Gasteiger partial charge in [-0.25, -0.2) is 15.0 Å². The highest BCUT2D eigenvalue weighted by atomic mass is 16.2. The minimum absolute atomic E-state index is 0.0526. The van der Waals surface area contributed by atoms with E-state index in [0.29, 0.717) is 30.1 Å². The van der Waals surface area contributed by atoms with Gasteiger partial charge in [-0.15, -0.1) is 0 Å². The van der Waals surface area contributed by atoms with Crippen molar-refractivity contribution in [2.24, 2.45) is 0 Å². The van der Waals surface area contributed by atoms with Crippen LogP contribution in [0.5, 0.6) is 0 Å². The summed E-state index contributed by atoms with van der Waals surface area (Å²) in [5, 5.41) is 10.9. The van der Waals surface area contributed by atoms with Crippen LogP contribution in [0.25, 0.3) is 22.1 Å². The second-order valence-corrected chi connectivity index (χ2v) is 5.61. The molecule has 0 bridgehead atoms. The number of fused-ring (bicyclic) bond motifs is 2. The Morgan fingerprint density at radius 3 is 3.12 bits per heavy atom. The Labute approximate surface area is 142 Å². The molecule has 0 radical (unpaired) electrons. The van der Waals surface area contributed by atoms with Crippen molar-refractivity contribution in [2.75, 3.05) is 25.5 Å². The van der Waals surface area contributed by atoms with Gasteiger partial charge in [-0.1, -0.05) is 6.07 Å². The van der Waals surface area contributed by atoms with E-state index >= 15 is 0 Å². The second kappa shape index (κ2) is 6.19. The fraction of sp³-hybridized carbons (Fsp3) is 0.188. The highest BCUT2D eigenvalue weighted by molar-refractivity contribution is 6.05. The van der Waals surface area contributed by atoms with Gasteiger partial charge in [0.05, 0.1) is 23.6 Å². The molecule has 0 spiro atoms. The van der Waals surface area contributed by atoms with Crippen molar-refractivity contribution in [3.63, 3.8) is 0 Å². The second-order valence-electron chi connectivity index (χ2n) is 5.61. The molecule has 0 aliphatic rings. The third-order valence-corrected chi connectivity index (χ3v) is 4.02. The number of aromatic nitrogens is 6. The average molecular weight is 336 g/mol. The number of hydrogen-bond donors (Lipinski definition) is 3. The molecule has 1 aromatic carbocycles. The lowest BCUT2D eigenvalue weighted by Crippen LogP contribution is -2.31. The van der Waals surface area contributed by atoms with Crippen LogP contribution in [0, 0.1) is 0 Å². The van der Waals surface area contributed by atoms with Crippen LogP contribution in [0.3, 0.4) is 0 Å². The fourth-order valence-corrected chi connectivity index (χ4v) is 2.70. The molecule has 3 aromatic heterocycles. The molecular weight excluding hydrogens is 320 g/mol. The molecule has 0 atom stereocenters. The standard InChI is InChI=1S/C16H16N8O/c1-24(16(25)10-3-2-4-12-11(10)7-22-23-12)6-5-17-14-13-15(19-8-18-13)21-9-20-14/h2-4,7-9H,5-6H2,1H3,(H,22,23)(H2,17,18,19,20,21). The Kier molecular flexibility index (Phi) is 3.73. The molecule has 3 heterocycles. The highest BCUT2D eigenvalue weighted by Gasteiger charge is 2.15. The number of hydrogen-bond acceptors (Lipinski definition) is 6. The van der Waals surface area contributed by atoms with Gasteiger partial charge in [0.15, 0.2) is 11.5 Å². The van der Waals surface area contributed by atoms with Crippen LogP contribution in [-0.2, 0) is 0 Å². The van der Waals surface area contributed by atoms with Crippen molar-refractivity contribution in [3.8, 4) is 0 Å². The SMILES string of the molecule is CN(CCNc1ncnc2nc[nH]c12)C(=O)c1cccc2[nH]ncc12. The number of carbonyl (C=O) groups is 1. The number of H-pyrrole nitrogens is 2. The van der Waals surface area contributed by atoms with E-state index in [-0.39, 0.29) is 5.91 Å². The van der Waals surface area contributed by atoms with E-state index in [1.165, 1.54) is 6.33 Å². The monoisotopic (exact) mass is 336 g/mol. The predicted molar refractivity (Wildman–Crippen MR) is 93.2 cm³/mol. The average Bonchev–Trinajstić information content (AvgIpc) is 3.29. The van der Waals surface area contributed by atoms with Gasteiger partial charge >= 0.3 is 0 Å². The molecule has 4 rings (SSSR count). The molecule has 0 saturated heterocycles. The molecule has 0 unspecified atom stereocenters. The lowest BCUT2D eigenvalue weighted by atomic mass is 10.1. The largest absolute Gasteiger partial charge is 0.366 e. The van der Waals surface area contributed by atoms with E-state index in [9.17, 15) is 4.79 Å². The summed E-state index contributed by atoms with van der Waals surface area (Å²) in [5.74, 6) is 0.614. The minimum Gasteiger partial charge on any atom is -0.366 e. The third kappa shape index (κ3) is 2.75. The van der Waals surface area contributed by atoms with Crippen LogP contribution in [0.15, 0.2) is 37.1 Å². The van der Waals surface area contributed by atoms with E-state index < -0.39 is 0 Å². The zero-order valence-electron chi connectivity index (χ0n) is 13.5. The normalized spacial score (nSPS) is 11.1. The molecular formula is C16H16N8O. The van der Waals surface area contributed by atoms with Crippen molar-refractivity contribution in [1.29, 1.82) is 0 Å². The first kappa shape index (κ1) is 15.1. The first-order valence-electron chi connectivity index (χ1n) is 7.79. The molecule has 4 aromatic rings. The maximum absolute atomic E-state index is 12.7. The van der Waals surface area contributed by atoms with Gasteiger partial charge in [-0.05, 0) is 12.1 Å². The summed E-state index contributed by atoms with van der Waals surface area (Å²) in [4.78, 5) is 29.7. The van der Waals surface area contributed by atoms with Crippen LogP contribution in [0.2, 0.25) is 0 Å². The smallest absolute Gasteiger partial charge is 0.254 e. The molecule has 3 N–H and O–H groups in total. The van der Waals surface area contributed by atoms with Gasteiger partial charge in [0.1, 0.15) is 11.8 Å². The van der Waals surface area contributed by atoms with Gasteiger partial charge in [0.25, 0.3) is 5.91 Å². The molecule has 0 saturated carbocycles. The van der Waals surface area contributed by atoms with Crippen LogP contribution >= 0.6 is 0 Å². The van der Waals surface area contributed by atoms with Crippen molar-refractivity contribution < 1.29 is 4.79 Å². The van der Waals surface area contributed by atoms with Gasteiger partial charge in [0, 0.05) is 25.5 Å². The number of imidazole rings is 1. The minimum atomic E-state index is -0.0526. The Morgan fingerprint density at radius 2 is 2.20 bits per heavy atom. The quantitative estimate of drug-likeness (QED) is 0.507. The Balaban J connectivity index is 1.43. The summed E-state index contributed by atoms with van der Waals surface area (Å²) >= 11 is 0. The Morgan fingerprint density at radius 1 is 1.28 bits per heavy atom.